The molecule has 3 aromatic rings. The summed E-state index contributed by atoms with van der Waals surface area (Å²) in [6.45, 7) is 1.31. The first-order valence-corrected chi connectivity index (χ1v) is 8.76. The van der Waals surface area contributed by atoms with Crippen LogP contribution < -0.4 is 14.8 Å². The predicted molar refractivity (Wildman–Crippen MR) is 96.9 cm³/mol. The number of ether oxygens (including phenoxy) is 2. The fourth-order valence-corrected chi connectivity index (χ4v) is 3.88. The lowest BCUT2D eigenvalue weighted by Crippen LogP contribution is -2.31. The molecule has 4 heteroatoms. The monoisotopic (exact) mass is 332 g/mol. The van der Waals surface area contributed by atoms with Gasteiger partial charge >= 0.3 is 0 Å². The standard InChI is InChI=1S/C21H20N2O2/c1-2-4-14(5-3-1)10-18-21-16(12-23-17(21)8-9-22-18)15-6-7-19-20(11-15)25-13-24-19/h1-7,11-12,18,22-23H,8-10,13H2. The number of rotatable bonds is 3. The quantitative estimate of drug-likeness (QED) is 0.766. The van der Waals surface area contributed by atoms with Gasteiger partial charge in [0.15, 0.2) is 11.5 Å². The minimum Gasteiger partial charge on any atom is -0.454 e. The zero-order chi connectivity index (χ0) is 16.6. The Morgan fingerprint density at radius 2 is 1.88 bits per heavy atom. The maximum Gasteiger partial charge on any atom is 0.231 e. The maximum absolute atomic E-state index is 5.56. The Balaban J connectivity index is 1.54. The highest BCUT2D eigenvalue weighted by molar-refractivity contribution is 5.72. The molecule has 0 saturated heterocycles. The molecule has 0 radical (unpaired) electrons. The predicted octanol–water partition coefficient (Wildman–Crippen LogP) is 3.84. The van der Waals surface area contributed by atoms with Crippen molar-refractivity contribution < 1.29 is 9.47 Å². The van der Waals surface area contributed by atoms with E-state index in [4.69, 9.17) is 9.47 Å². The van der Waals surface area contributed by atoms with Crippen LogP contribution in [0.3, 0.4) is 0 Å². The number of fused-ring (bicyclic) bond motifs is 2. The first-order chi connectivity index (χ1) is 12.4. The first kappa shape index (κ1) is 14.6. The number of nitrogens with one attached hydrogen (secondary N) is 2. The van der Waals surface area contributed by atoms with Gasteiger partial charge in [-0.25, -0.2) is 0 Å². The Kier molecular flexibility index (Phi) is 3.49. The molecule has 1 atom stereocenters. The summed E-state index contributed by atoms with van der Waals surface area (Å²) >= 11 is 0. The molecule has 3 heterocycles. The third kappa shape index (κ3) is 2.59. The number of aromatic nitrogens is 1. The lowest BCUT2D eigenvalue weighted by atomic mass is 9.90. The summed E-state index contributed by atoms with van der Waals surface area (Å²) in [7, 11) is 0. The molecule has 0 amide bonds. The Bertz CT molecular complexity index is 902. The van der Waals surface area contributed by atoms with Gasteiger partial charge in [-0.05, 0) is 35.2 Å². The molecule has 0 spiro atoms. The van der Waals surface area contributed by atoms with Crippen molar-refractivity contribution in [3.63, 3.8) is 0 Å². The van der Waals surface area contributed by atoms with Crippen molar-refractivity contribution >= 4 is 0 Å². The van der Waals surface area contributed by atoms with E-state index < -0.39 is 0 Å². The maximum atomic E-state index is 5.56. The zero-order valence-electron chi connectivity index (χ0n) is 13.9. The molecular weight excluding hydrogens is 312 g/mol. The van der Waals surface area contributed by atoms with E-state index in [0.717, 1.165) is 30.9 Å². The normalized spacial score (nSPS) is 18.2. The molecular formula is C21H20N2O2. The van der Waals surface area contributed by atoms with Gasteiger partial charge in [0.1, 0.15) is 0 Å². The van der Waals surface area contributed by atoms with E-state index >= 15 is 0 Å². The summed E-state index contributed by atoms with van der Waals surface area (Å²) in [5, 5.41) is 3.70. The minimum absolute atomic E-state index is 0.308. The first-order valence-electron chi connectivity index (χ1n) is 8.76. The van der Waals surface area contributed by atoms with Crippen molar-refractivity contribution in [3.8, 4) is 22.6 Å². The van der Waals surface area contributed by atoms with Crippen LogP contribution >= 0.6 is 0 Å². The zero-order valence-corrected chi connectivity index (χ0v) is 13.9. The Morgan fingerprint density at radius 3 is 2.80 bits per heavy atom. The van der Waals surface area contributed by atoms with Crippen LogP contribution in [0.15, 0.2) is 54.7 Å². The Morgan fingerprint density at radius 1 is 1.00 bits per heavy atom. The van der Waals surface area contributed by atoms with Crippen molar-refractivity contribution in [3.05, 3.63) is 71.5 Å². The van der Waals surface area contributed by atoms with Gasteiger partial charge in [0.25, 0.3) is 0 Å². The summed E-state index contributed by atoms with van der Waals surface area (Å²) in [5.74, 6) is 1.66. The molecule has 1 aromatic heterocycles. The topological polar surface area (TPSA) is 46.3 Å². The van der Waals surface area contributed by atoms with Crippen LogP contribution in [0.1, 0.15) is 22.9 Å². The van der Waals surface area contributed by atoms with Gasteiger partial charge in [0.2, 0.25) is 6.79 Å². The van der Waals surface area contributed by atoms with Crippen molar-refractivity contribution in [1.82, 2.24) is 10.3 Å². The van der Waals surface area contributed by atoms with Gasteiger partial charge < -0.3 is 19.8 Å². The van der Waals surface area contributed by atoms with Crippen LogP contribution in [0, 0.1) is 0 Å². The molecule has 0 bridgehead atoms. The SMILES string of the molecule is c1ccc(CC2NCCc3[nH]cc(-c4ccc5c(c4)OCO5)c32)cc1. The van der Waals surface area contributed by atoms with Gasteiger partial charge in [-0.2, -0.15) is 0 Å². The molecule has 25 heavy (non-hydrogen) atoms. The molecule has 0 fully saturated rings. The lowest BCUT2D eigenvalue weighted by Gasteiger charge is -2.26. The molecule has 0 aliphatic carbocycles. The second kappa shape index (κ2) is 5.97. The van der Waals surface area contributed by atoms with E-state index in [0.29, 0.717) is 12.8 Å². The summed E-state index contributed by atoms with van der Waals surface area (Å²) in [4.78, 5) is 3.50. The average Bonchev–Trinajstić information content (AvgIpc) is 3.29. The van der Waals surface area contributed by atoms with Gasteiger partial charge in [0.05, 0.1) is 0 Å². The second-order valence-corrected chi connectivity index (χ2v) is 6.61. The highest BCUT2D eigenvalue weighted by Crippen LogP contribution is 2.40. The molecule has 5 rings (SSSR count). The smallest absolute Gasteiger partial charge is 0.231 e. The summed E-state index contributed by atoms with van der Waals surface area (Å²) in [5.41, 5.74) is 6.50. The van der Waals surface area contributed by atoms with E-state index in [2.05, 4.69) is 59.0 Å². The van der Waals surface area contributed by atoms with Gasteiger partial charge in [-0.1, -0.05) is 36.4 Å². The highest BCUT2D eigenvalue weighted by atomic mass is 16.7. The van der Waals surface area contributed by atoms with E-state index in [1.54, 1.807) is 0 Å². The van der Waals surface area contributed by atoms with Gasteiger partial charge in [-0.3, -0.25) is 0 Å². The highest BCUT2D eigenvalue weighted by Gasteiger charge is 2.26. The third-order valence-electron chi connectivity index (χ3n) is 5.09. The molecule has 2 N–H and O–H groups in total. The fourth-order valence-electron chi connectivity index (χ4n) is 3.88. The molecule has 2 aliphatic heterocycles. The number of hydrogen-bond donors (Lipinski definition) is 2. The number of benzene rings is 2. The third-order valence-corrected chi connectivity index (χ3v) is 5.09. The van der Waals surface area contributed by atoms with Crippen molar-refractivity contribution in [2.24, 2.45) is 0 Å². The number of aromatic amines is 1. The van der Waals surface area contributed by atoms with Crippen LogP contribution in [0.5, 0.6) is 11.5 Å². The Hall–Kier alpha value is -2.72. The van der Waals surface area contributed by atoms with Crippen LogP contribution in [0.2, 0.25) is 0 Å². The molecule has 2 aromatic carbocycles. The number of hydrogen-bond acceptors (Lipinski definition) is 3. The summed E-state index contributed by atoms with van der Waals surface area (Å²) in [6, 6.07) is 17.2. The van der Waals surface area contributed by atoms with Crippen LogP contribution in [-0.4, -0.2) is 18.3 Å². The van der Waals surface area contributed by atoms with Gasteiger partial charge in [0, 0.05) is 36.5 Å². The van der Waals surface area contributed by atoms with Gasteiger partial charge in [-0.15, -0.1) is 0 Å². The molecule has 126 valence electrons. The molecule has 4 nitrogen and oxygen atoms in total. The van der Waals surface area contributed by atoms with Crippen LogP contribution in [-0.2, 0) is 12.8 Å². The average molecular weight is 332 g/mol. The Labute approximate surface area is 146 Å². The van der Waals surface area contributed by atoms with Crippen LogP contribution in [0.4, 0.5) is 0 Å². The minimum atomic E-state index is 0.308. The van der Waals surface area contributed by atoms with E-state index in [1.165, 1.54) is 27.9 Å². The molecule has 2 aliphatic rings. The van der Waals surface area contributed by atoms with E-state index in [1.807, 2.05) is 6.07 Å². The molecule has 1 unspecified atom stereocenters. The van der Waals surface area contributed by atoms with Crippen molar-refractivity contribution in [1.29, 1.82) is 0 Å². The van der Waals surface area contributed by atoms with E-state index in [9.17, 15) is 0 Å². The number of H-pyrrole nitrogens is 1. The van der Waals surface area contributed by atoms with Crippen molar-refractivity contribution in [2.45, 2.75) is 18.9 Å². The van der Waals surface area contributed by atoms with Crippen LogP contribution in [0.25, 0.3) is 11.1 Å². The van der Waals surface area contributed by atoms with E-state index in [-0.39, 0.29) is 0 Å². The largest absolute Gasteiger partial charge is 0.454 e. The van der Waals surface area contributed by atoms with Crippen molar-refractivity contribution in [2.75, 3.05) is 13.3 Å². The lowest BCUT2D eigenvalue weighted by molar-refractivity contribution is 0.174. The fraction of sp³-hybridized carbons (Fsp3) is 0.238. The molecule has 0 saturated carbocycles. The summed E-state index contributed by atoms with van der Waals surface area (Å²) in [6.07, 6.45) is 4.15. The summed E-state index contributed by atoms with van der Waals surface area (Å²) < 4.78 is 11.0. The second-order valence-electron chi connectivity index (χ2n) is 6.61.